The van der Waals surface area contributed by atoms with Crippen LogP contribution in [-0.2, 0) is 4.79 Å². The first-order valence-electron chi connectivity index (χ1n) is 5.17. The van der Waals surface area contributed by atoms with Crippen molar-refractivity contribution in [2.45, 2.75) is 33.6 Å². The number of Topliss-reactive ketones (excluding diaryl/α,β-unsaturated/α-hetero) is 1. The van der Waals surface area contributed by atoms with Gasteiger partial charge in [0.1, 0.15) is 0 Å². The van der Waals surface area contributed by atoms with Gasteiger partial charge in [0.2, 0.25) is 0 Å². The van der Waals surface area contributed by atoms with E-state index in [2.05, 4.69) is 13.8 Å². The molecule has 1 nitrogen and oxygen atoms in total. The Hall–Kier alpha value is 1.31. The molecule has 0 N–H and O–H groups in total. The first-order valence-corrected chi connectivity index (χ1v) is 7.38. The fourth-order valence-corrected chi connectivity index (χ4v) is 3.05. The van der Waals surface area contributed by atoms with Crippen molar-refractivity contribution in [3.63, 3.8) is 0 Å². The van der Waals surface area contributed by atoms with E-state index in [4.69, 9.17) is 0 Å². The van der Waals surface area contributed by atoms with Crippen LogP contribution in [0.5, 0.6) is 0 Å². The fourth-order valence-electron chi connectivity index (χ4n) is 2.01. The van der Waals surface area contributed by atoms with Crippen LogP contribution in [0.25, 0.3) is 0 Å². The Labute approximate surface area is 109 Å². The zero-order valence-corrected chi connectivity index (χ0v) is 11.6. The van der Waals surface area contributed by atoms with Crippen LogP contribution in [0.15, 0.2) is 0 Å². The number of hydrogen-bond acceptors (Lipinski definition) is 1. The number of carbonyl (C=O) groups excluding carboxylic acids is 1. The van der Waals surface area contributed by atoms with E-state index in [9.17, 15) is 4.79 Å². The van der Waals surface area contributed by atoms with Crippen LogP contribution in [0.1, 0.15) is 33.1 Å². The summed E-state index contributed by atoms with van der Waals surface area (Å²) in [5.74, 6) is 2.41. The van der Waals surface area contributed by atoms with Crippen molar-refractivity contribution in [2.24, 2.45) is 17.8 Å². The van der Waals surface area contributed by atoms with Crippen molar-refractivity contribution in [1.29, 1.82) is 0 Å². The van der Waals surface area contributed by atoms with Crippen molar-refractivity contribution in [2.75, 3.05) is 0 Å². The second-order valence-electron chi connectivity index (χ2n) is 4.29. The van der Waals surface area contributed by atoms with Gasteiger partial charge in [-0.3, -0.25) is 0 Å². The van der Waals surface area contributed by atoms with E-state index >= 15 is 0 Å². The third kappa shape index (κ3) is 2.91. The Bertz CT molecular complexity index is 167. The third-order valence-electron chi connectivity index (χ3n) is 3.43. The number of rotatable bonds is 2. The zero-order valence-electron chi connectivity index (χ0n) is 8.47. The molecule has 0 aromatic rings. The molecule has 64 valence electrons. The van der Waals surface area contributed by atoms with Crippen molar-refractivity contribution < 1.29 is 4.79 Å². The monoisotopic (exact) mass is 192 g/mol. The summed E-state index contributed by atoms with van der Waals surface area (Å²) >= 11 is 0.957. The topological polar surface area (TPSA) is 17.1 Å². The average molecular weight is 192 g/mol. The predicted molar refractivity (Wildman–Crippen MR) is 51.2 cm³/mol. The zero-order chi connectivity index (χ0) is 9.14. The van der Waals surface area contributed by atoms with Gasteiger partial charge < -0.3 is 0 Å². The van der Waals surface area contributed by atoms with Crippen LogP contribution in [0.3, 0.4) is 0 Å². The van der Waals surface area contributed by atoms with Crippen LogP contribution in [0.4, 0.5) is 0 Å². The molecule has 2 heteroatoms. The van der Waals surface area contributed by atoms with Crippen LogP contribution >= 0.6 is 0 Å². The van der Waals surface area contributed by atoms with Gasteiger partial charge in [0.05, 0.1) is 0 Å². The molecule has 1 rings (SSSR count). The molecule has 0 radical (unpaired) electrons. The van der Waals surface area contributed by atoms with E-state index in [0.717, 1.165) is 73.6 Å². The van der Waals surface area contributed by atoms with Gasteiger partial charge >= 0.3 is 111 Å². The predicted octanol–water partition coefficient (Wildman–Crippen LogP) is 2.21. The molecule has 1 aliphatic rings. The van der Waals surface area contributed by atoms with E-state index in [1.54, 1.807) is 0 Å². The second kappa shape index (κ2) is 5.25. The fraction of sp³-hybridized carbons (Fsp3) is 0.900. The molecule has 0 bridgehead atoms. The van der Waals surface area contributed by atoms with Crippen LogP contribution in [-0.4, -0.2) is 54.7 Å². The van der Waals surface area contributed by atoms with Gasteiger partial charge in [0.25, 0.3) is 0 Å². The van der Waals surface area contributed by atoms with Gasteiger partial charge in [-0.1, -0.05) is 0 Å². The maximum atomic E-state index is 11.4. The summed E-state index contributed by atoms with van der Waals surface area (Å²) in [5.41, 5.74) is 0. The molecule has 0 saturated heterocycles. The minimum atomic E-state index is 0.354. The van der Waals surface area contributed by atoms with E-state index in [0.29, 0.717) is 11.7 Å². The number of hydrogen-bond donors (Lipinski definition) is 0. The maximum absolute atomic E-state index is 11.4. The molecule has 1 fully saturated rings. The van der Waals surface area contributed by atoms with Crippen molar-refractivity contribution in [3.05, 3.63) is 0 Å². The molecule has 0 aromatic carbocycles. The minimum absolute atomic E-state index is 0.354. The Kier molecular flexibility index (Phi) is 4.98. The van der Waals surface area contributed by atoms with Gasteiger partial charge in [-0.2, -0.15) is 0 Å². The van der Waals surface area contributed by atoms with E-state index in [-0.39, 0.29) is 0 Å². The molecule has 12 heavy (non-hydrogen) atoms. The van der Waals surface area contributed by atoms with E-state index < -0.39 is 0 Å². The van der Waals surface area contributed by atoms with Crippen molar-refractivity contribution in [3.8, 4) is 0 Å². The molecule has 1 aliphatic carbocycles. The van der Waals surface area contributed by atoms with E-state index in [1.807, 2.05) is 0 Å². The number of carbonyl (C=O) groups is 1. The van der Waals surface area contributed by atoms with Crippen molar-refractivity contribution in [1.82, 2.24) is 0 Å². The van der Waals surface area contributed by atoms with Crippen LogP contribution in [0.2, 0.25) is 0.515 Å². The first-order chi connectivity index (χ1) is 5.65. The van der Waals surface area contributed by atoms with Crippen LogP contribution < -0.4 is 0 Å². The summed E-state index contributed by atoms with van der Waals surface area (Å²) in [6, 6.07) is 0. The summed E-state index contributed by atoms with van der Waals surface area (Å²) in [6.07, 6.45) is 3.31. The summed E-state index contributed by atoms with van der Waals surface area (Å²) in [6.45, 7) is 4.40. The molecule has 0 heterocycles. The van der Waals surface area contributed by atoms with Crippen molar-refractivity contribution >= 4 is 54.7 Å². The van der Waals surface area contributed by atoms with Gasteiger partial charge in [-0.15, -0.1) is 0 Å². The quantitative estimate of drug-likeness (QED) is 0.613. The molecular formula is C10H17KO. The summed E-state index contributed by atoms with van der Waals surface area (Å²) in [5, 5.41) is 0. The Morgan fingerprint density at radius 3 is 2.75 bits per heavy atom. The summed E-state index contributed by atoms with van der Waals surface area (Å²) in [7, 11) is 0. The Balaban J connectivity index is 2.45. The molecule has 0 amide bonds. The van der Waals surface area contributed by atoms with Crippen LogP contribution in [0, 0.1) is 17.8 Å². The Morgan fingerprint density at radius 1 is 1.58 bits per heavy atom. The molecule has 0 aliphatic heterocycles. The molecule has 3 atom stereocenters. The molecular weight excluding hydrogens is 175 g/mol. The average Bonchev–Trinajstić information content (AvgIpc) is 2.08. The standard InChI is InChI=1S/C10H17O.K/c1-7(2)9-5-4-8(3)10(11)6-9;/h7-9H,1,4-6H2,2-3H3;. The third-order valence-corrected chi connectivity index (χ3v) is 5.44. The molecule has 0 aromatic heterocycles. The summed E-state index contributed by atoms with van der Waals surface area (Å²) in [4.78, 5) is 11.4. The normalized spacial score (nSPS) is 33.5. The summed E-state index contributed by atoms with van der Waals surface area (Å²) < 4.78 is 1.40. The molecule has 3 unspecified atom stereocenters. The second-order valence-corrected chi connectivity index (χ2v) is 5.57. The Morgan fingerprint density at radius 2 is 2.25 bits per heavy atom. The van der Waals surface area contributed by atoms with Gasteiger partial charge in [0.15, 0.2) is 0 Å². The van der Waals surface area contributed by atoms with Gasteiger partial charge in [-0.25, -0.2) is 0 Å². The first kappa shape index (κ1) is 11.4. The van der Waals surface area contributed by atoms with Gasteiger partial charge in [0, 0.05) is 0 Å². The SMILES string of the molecule is CC1CCC(C(C)[CH2][K])CC1=O. The van der Waals surface area contributed by atoms with Gasteiger partial charge in [-0.05, 0) is 0 Å². The molecule has 0 spiro atoms. The number of ketones is 1. The van der Waals surface area contributed by atoms with E-state index in [1.165, 1.54) is 6.94 Å². The molecule has 1 saturated carbocycles.